The molecule has 0 saturated heterocycles. The smallest absolute Gasteiger partial charge is 0.108 e. The number of hydrogen-bond acceptors (Lipinski definition) is 2. The summed E-state index contributed by atoms with van der Waals surface area (Å²) in [5.41, 5.74) is 5.13. The van der Waals surface area contributed by atoms with Gasteiger partial charge in [-0.05, 0) is 13.3 Å². The van der Waals surface area contributed by atoms with Crippen LogP contribution >= 0.6 is 0 Å². The minimum Gasteiger partial charge on any atom is -0.497 e. The van der Waals surface area contributed by atoms with Gasteiger partial charge >= 0.3 is 0 Å². The summed E-state index contributed by atoms with van der Waals surface area (Å²) < 4.78 is 5.08. The maximum absolute atomic E-state index is 5.13. The maximum atomic E-state index is 5.13. The first-order valence-corrected chi connectivity index (χ1v) is 2.82. The summed E-state index contributed by atoms with van der Waals surface area (Å²) in [6, 6.07) is 0. The Bertz CT molecular complexity index is 78.6. The van der Waals surface area contributed by atoms with E-state index in [2.05, 4.69) is 6.92 Å². The topological polar surface area (TPSA) is 35.2 Å². The van der Waals surface area contributed by atoms with E-state index >= 15 is 0 Å². The molecular weight excluding hydrogens is 102 g/mol. The Morgan fingerprint density at radius 3 is 2.75 bits per heavy atom. The number of ether oxygens (including phenoxy) is 1. The molecule has 0 radical (unpaired) electrons. The van der Waals surface area contributed by atoms with Gasteiger partial charge in [0.15, 0.2) is 0 Å². The van der Waals surface area contributed by atoms with Gasteiger partial charge in [0, 0.05) is 6.20 Å². The molecule has 2 N–H and O–H groups in total. The van der Waals surface area contributed by atoms with Crippen LogP contribution in [0.1, 0.15) is 20.3 Å². The predicted octanol–water partition coefficient (Wildman–Crippen LogP) is 1.23. The molecule has 48 valence electrons. The van der Waals surface area contributed by atoms with E-state index in [-0.39, 0.29) is 0 Å². The van der Waals surface area contributed by atoms with Crippen molar-refractivity contribution in [1.29, 1.82) is 0 Å². The Morgan fingerprint density at radius 1 is 1.75 bits per heavy atom. The minimum absolute atomic E-state index is 0.763. The van der Waals surface area contributed by atoms with Crippen molar-refractivity contribution in [1.82, 2.24) is 0 Å². The van der Waals surface area contributed by atoms with Gasteiger partial charge in [-0.2, -0.15) is 0 Å². The molecule has 0 saturated carbocycles. The van der Waals surface area contributed by atoms with Gasteiger partial charge in [-0.3, -0.25) is 0 Å². The van der Waals surface area contributed by atoms with Crippen molar-refractivity contribution in [3.63, 3.8) is 0 Å². The quantitative estimate of drug-likeness (QED) is 0.561. The molecule has 0 fully saturated rings. The van der Waals surface area contributed by atoms with Gasteiger partial charge < -0.3 is 10.5 Å². The molecule has 0 heterocycles. The second-order valence-electron chi connectivity index (χ2n) is 1.63. The van der Waals surface area contributed by atoms with Crippen LogP contribution in [0.3, 0.4) is 0 Å². The molecule has 0 aliphatic heterocycles. The van der Waals surface area contributed by atoms with E-state index in [4.69, 9.17) is 10.5 Å². The average molecular weight is 115 g/mol. The predicted molar refractivity (Wildman–Crippen MR) is 34.2 cm³/mol. The van der Waals surface area contributed by atoms with Crippen LogP contribution in [0.25, 0.3) is 0 Å². The van der Waals surface area contributed by atoms with E-state index in [1.165, 1.54) is 6.20 Å². The Hall–Kier alpha value is -0.660. The van der Waals surface area contributed by atoms with E-state index in [9.17, 15) is 0 Å². The first-order valence-electron chi connectivity index (χ1n) is 2.82. The van der Waals surface area contributed by atoms with Crippen molar-refractivity contribution in [2.24, 2.45) is 5.73 Å². The Balaban J connectivity index is 3.12. The SMILES string of the molecule is CCCO/C(C)=C/N. The van der Waals surface area contributed by atoms with Gasteiger partial charge in [0.25, 0.3) is 0 Å². The maximum Gasteiger partial charge on any atom is 0.108 e. The van der Waals surface area contributed by atoms with Gasteiger partial charge in [-0.25, -0.2) is 0 Å². The van der Waals surface area contributed by atoms with Gasteiger partial charge in [-0.15, -0.1) is 0 Å². The molecule has 0 spiro atoms. The van der Waals surface area contributed by atoms with Crippen LogP contribution in [-0.2, 0) is 4.74 Å². The third kappa shape index (κ3) is 3.53. The van der Waals surface area contributed by atoms with Crippen LogP contribution in [0.5, 0.6) is 0 Å². The zero-order valence-electron chi connectivity index (χ0n) is 5.48. The molecule has 0 aromatic rings. The van der Waals surface area contributed by atoms with Crippen LogP contribution in [0, 0.1) is 0 Å². The molecule has 0 aromatic heterocycles. The Kier molecular flexibility index (Phi) is 4.13. The summed E-state index contributed by atoms with van der Waals surface area (Å²) in [4.78, 5) is 0. The third-order valence-corrected chi connectivity index (χ3v) is 0.769. The molecule has 0 atom stereocenters. The lowest BCUT2D eigenvalue weighted by Gasteiger charge is -2.00. The summed E-state index contributed by atoms with van der Waals surface area (Å²) in [7, 11) is 0. The van der Waals surface area contributed by atoms with E-state index in [1.807, 2.05) is 6.92 Å². The lowest BCUT2D eigenvalue weighted by atomic mass is 10.5. The van der Waals surface area contributed by atoms with Gasteiger partial charge in [0.05, 0.1) is 6.61 Å². The van der Waals surface area contributed by atoms with Crippen molar-refractivity contribution in [2.45, 2.75) is 20.3 Å². The van der Waals surface area contributed by atoms with Crippen LogP contribution in [-0.4, -0.2) is 6.61 Å². The van der Waals surface area contributed by atoms with Crippen molar-refractivity contribution < 1.29 is 4.74 Å². The minimum atomic E-state index is 0.763. The molecular formula is C6H13NO. The number of hydrogen-bond donors (Lipinski definition) is 1. The normalized spacial score (nSPS) is 11.5. The average Bonchev–Trinajstić information content (AvgIpc) is 1.83. The third-order valence-electron chi connectivity index (χ3n) is 0.769. The fraction of sp³-hybridized carbons (Fsp3) is 0.667. The van der Waals surface area contributed by atoms with E-state index in [0.717, 1.165) is 18.8 Å². The summed E-state index contributed by atoms with van der Waals surface area (Å²) in [6.45, 7) is 4.67. The Morgan fingerprint density at radius 2 is 2.38 bits per heavy atom. The number of nitrogens with two attached hydrogens (primary N) is 1. The zero-order chi connectivity index (χ0) is 6.41. The largest absolute Gasteiger partial charge is 0.497 e. The molecule has 0 bridgehead atoms. The van der Waals surface area contributed by atoms with E-state index in [1.54, 1.807) is 0 Å². The molecule has 2 heteroatoms. The second-order valence-corrected chi connectivity index (χ2v) is 1.63. The van der Waals surface area contributed by atoms with Crippen LogP contribution in [0.4, 0.5) is 0 Å². The van der Waals surface area contributed by atoms with Crippen molar-refractivity contribution in [3.05, 3.63) is 12.0 Å². The first kappa shape index (κ1) is 7.34. The van der Waals surface area contributed by atoms with Crippen LogP contribution in [0.15, 0.2) is 12.0 Å². The van der Waals surface area contributed by atoms with E-state index in [0.29, 0.717) is 0 Å². The van der Waals surface area contributed by atoms with Crippen LogP contribution in [0.2, 0.25) is 0 Å². The van der Waals surface area contributed by atoms with Crippen molar-refractivity contribution in [2.75, 3.05) is 6.61 Å². The summed E-state index contributed by atoms with van der Waals surface area (Å²) >= 11 is 0. The first-order chi connectivity index (χ1) is 3.81. The summed E-state index contributed by atoms with van der Waals surface area (Å²) in [6.07, 6.45) is 2.50. The highest BCUT2D eigenvalue weighted by atomic mass is 16.5. The van der Waals surface area contributed by atoms with Gasteiger partial charge in [0.1, 0.15) is 5.76 Å². The zero-order valence-corrected chi connectivity index (χ0v) is 5.48. The molecule has 0 aliphatic rings. The highest BCUT2D eigenvalue weighted by molar-refractivity contribution is 4.82. The lowest BCUT2D eigenvalue weighted by Crippen LogP contribution is -1.92. The summed E-state index contributed by atoms with van der Waals surface area (Å²) in [5.74, 6) is 0.798. The highest BCUT2D eigenvalue weighted by Gasteiger charge is 1.82. The lowest BCUT2D eigenvalue weighted by molar-refractivity contribution is 0.213. The van der Waals surface area contributed by atoms with Gasteiger partial charge in [0.2, 0.25) is 0 Å². The second kappa shape index (κ2) is 4.50. The summed E-state index contributed by atoms with van der Waals surface area (Å²) in [5, 5.41) is 0. The standard InChI is InChI=1S/C6H13NO/c1-3-4-8-6(2)5-7/h5H,3-4,7H2,1-2H3/b6-5+. The molecule has 8 heavy (non-hydrogen) atoms. The molecule has 0 aromatic carbocycles. The monoisotopic (exact) mass is 115 g/mol. The number of allylic oxidation sites excluding steroid dienone is 1. The molecule has 2 nitrogen and oxygen atoms in total. The van der Waals surface area contributed by atoms with Crippen molar-refractivity contribution in [3.8, 4) is 0 Å². The highest BCUT2D eigenvalue weighted by Crippen LogP contribution is 1.91. The fourth-order valence-corrected chi connectivity index (χ4v) is 0.311. The molecule has 0 unspecified atom stereocenters. The molecule has 0 aliphatic carbocycles. The number of rotatable bonds is 3. The Labute approximate surface area is 50.3 Å². The van der Waals surface area contributed by atoms with Crippen molar-refractivity contribution >= 4 is 0 Å². The molecule has 0 amide bonds. The van der Waals surface area contributed by atoms with E-state index < -0.39 is 0 Å². The molecule has 0 rings (SSSR count). The van der Waals surface area contributed by atoms with Crippen LogP contribution < -0.4 is 5.73 Å². The van der Waals surface area contributed by atoms with Gasteiger partial charge in [-0.1, -0.05) is 6.92 Å². The fourth-order valence-electron chi connectivity index (χ4n) is 0.311.